The summed E-state index contributed by atoms with van der Waals surface area (Å²) >= 11 is 5.93. The molecule has 2 heteroatoms. The van der Waals surface area contributed by atoms with Crippen LogP contribution in [0, 0.1) is 12.3 Å². The summed E-state index contributed by atoms with van der Waals surface area (Å²) in [6, 6.07) is 8.84. The Bertz CT molecular complexity index is 377. The van der Waals surface area contributed by atoms with E-state index in [1.54, 1.807) is 0 Å². The maximum atomic E-state index is 5.93. The Hall–Kier alpha value is -0.970. The van der Waals surface area contributed by atoms with Gasteiger partial charge in [0.05, 0.1) is 0 Å². The van der Waals surface area contributed by atoms with Gasteiger partial charge in [0.25, 0.3) is 0 Å². The summed E-state index contributed by atoms with van der Waals surface area (Å²) in [6.07, 6.45) is 9.50. The van der Waals surface area contributed by atoms with Crippen LogP contribution in [0.5, 0.6) is 0 Å². The van der Waals surface area contributed by atoms with E-state index in [4.69, 9.17) is 18.0 Å². The molecule has 0 fully saturated rings. The average Bonchev–Trinajstić information content (AvgIpc) is 2.38. The van der Waals surface area contributed by atoms with Crippen LogP contribution in [0.1, 0.15) is 51.1 Å². The molecule has 1 aromatic carbocycles. The molecule has 1 N–H and O–H groups in total. The molecule has 0 aliphatic rings. The van der Waals surface area contributed by atoms with Crippen LogP contribution in [0.2, 0.25) is 5.02 Å². The van der Waals surface area contributed by atoms with Gasteiger partial charge in [-0.2, -0.15) is 0 Å². The van der Waals surface area contributed by atoms with Crippen molar-refractivity contribution in [2.45, 2.75) is 51.6 Å². The van der Waals surface area contributed by atoms with Gasteiger partial charge in [-0.15, -0.1) is 12.3 Å². The Kier molecular flexibility index (Phi) is 6.86. The number of nitrogens with one attached hydrogen (secondary N) is 1. The second-order valence-electron chi connectivity index (χ2n) is 4.57. The van der Waals surface area contributed by atoms with Gasteiger partial charge in [-0.1, -0.05) is 44.0 Å². The van der Waals surface area contributed by atoms with Crippen LogP contribution in [0.4, 0.5) is 0 Å². The van der Waals surface area contributed by atoms with Crippen LogP contribution >= 0.6 is 11.6 Å². The smallest absolute Gasteiger partial charge is 0.0406 e. The molecular weight excluding hydrogens is 242 g/mol. The molecule has 0 saturated heterocycles. The number of terminal acetylenes is 1. The molecule has 0 heterocycles. The van der Waals surface area contributed by atoms with Gasteiger partial charge in [0.2, 0.25) is 0 Å². The van der Waals surface area contributed by atoms with Crippen molar-refractivity contribution >= 4 is 11.6 Å². The quantitative estimate of drug-likeness (QED) is 0.711. The first-order valence-electron chi connectivity index (χ1n) is 6.66. The topological polar surface area (TPSA) is 12.0 Å². The van der Waals surface area contributed by atoms with Crippen LogP contribution in [-0.4, -0.2) is 6.04 Å². The maximum absolute atomic E-state index is 5.93. The molecule has 2 unspecified atom stereocenters. The van der Waals surface area contributed by atoms with E-state index in [1.165, 1.54) is 5.56 Å². The molecule has 0 radical (unpaired) electrons. The summed E-state index contributed by atoms with van der Waals surface area (Å²) in [5.74, 6) is 2.74. The average molecular weight is 264 g/mol. The first-order valence-corrected chi connectivity index (χ1v) is 7.04. The van der Waals surface area contributed by atoms with E-state index < -0.39 is 0 Å². The summed E-state index contributed by atoms with van der Waals surface area (Å²) in [7, 11) is 0. The van der Waals surface area contributed by atoms with Crippen LogP contribution in [0.15, 0.2) is 24.3 Å². The summed E-state index contributed by atoms with van der Waals surface area (Å²) in [5.41, 5.74) is 1.29. The zero-order chi connectivity index (χ0) is 13.4. The summed E-state index contributed by atoms with van der Waals surface area (Å²) in [6.45, 7) is 4.37. The van der Waals surface area contributed by atoms with E-state index in [0.717, 1.165) is 30.7 Å². The predicted octanol–water partition coefficient (Wildman–Crippen LogP) is 4.57. The molecule has 0 saturated carbocycles. The van der Waals surface area contributed by atoms with Gasteiger partial charge >= 0.3 is 0 Å². The monoisotopic (exact) mass is 263 g/mol. The molecule has 0 spiro atoms. The zero-order valence-electron chi connectivity index (χ0n) is 11.2. The highest BCUT2D eigenvalue weighted by atomic mass is 35.5. The van der Waals surface area contributed by atoms with Crippen molar-refractivity contribution in [1.82, 2.24) is 5.32 Å². The molecule has 1 nitrogen and oxygen atoms in total. The molecule has 1 rings (SSSR count). The highest BCUT2D eigenvalue weighted by Crippen LogP contribution is 2.22. The lowest BCUT2D eigenvalue weighted by Crippen LogP contribution is -2.32. The molecule has 98 valence electrons. The van der Waals surface area contributed by atoms with E-state index in [9.17, 15) is 0 Å². The first-order chi connectivity index (χ1) is 8.71. The Morgan fingerprint density at radius 3 is 2.44 bits per heavy atom. The molecule has 0 aromatic heterocycles. The zero-order valence-corrected chi connectivity index (χ0v) is 12.0. The van der Waals surface area contributed by atoms with Crippen molar-refractivity contribution in [2.24, 2.45) is 0 Å². The van der Waals surface area contributed by atoms with Crippen molar-refractivity contribution in [2.75, 3.05) is 0 Å². The number of rotatable bonds is 7. The van der Waals surface area contributed by atoms with Crippen LogP contribution in [0.25, 0.3) is 0 Å². The summed E-state index contributed by atoms with van der Waals surface area (Å²) in [5, 5.41) is 4.44. The second-order valence-corrected chi connectivity index (χ2v) is 5.01. The van der Waals surface area contributed by atoms with Crippen LogP contribution in [-0.2, 0) is 0 Å². The lowest BCUT2D eigenvalue weighted by Gasteiger charge is -2.24. The second kappa shape index (κ2) is 8.19. The first kappa shape index (κ1) is 15.1. The fourth-order valence-electron chi connectivity index (χ4n) is 2.08. The van der Waals surface area contributed by atoms with Gasteiger partial charge in [0.1, 0.15) is 0 Å². The van der Waals surface area contributed by atoms with Crippen molar-refractivity contribution in [3.63, 3.8) is 0 Å². The third-order valence-corrected chi connectivity index (χ3v) is 3.40. The Morgan fingerprint density at radius 2 is 1.94 bits per heavy atom. The molecule has 1 aromatic rings. The normalized spacial score (nSPS) is 13.9. The molecule has 18 heavy (non-hydrogen) atoms. The summed E-state index contributed by atoms with van der Waals surface area (Å²) in [4.78, 5) is 0. The molecular formula is C16H22ClN. The third-order valence-electron chi connectivity index (χ3n) is 3.14. The van der Waals surface area contributed by atoms with Crippen molar-refractivity contribution in [3.05, 3.63) is 34.9 Å². The van der Waals surface area contributed by atoms with E-state index in [1.807, 2.05) is 12.1 Å². The fourth-order valence-corrected chi connectivity index (χ4v) is 2.20. The minimum Gasteiger partial charge on any atom is -0.306 e. The Balaban J connectivity index is 2.75. The lowest BCUT2D eigenvalue weighted by atomic mass is 10.00. The van der Waals surface area contributed by atoms with E-state index in [2.05, 4.69) is 37.2 Å². The minimum atomic E-state index is 0.366. The number of hydrogen-bond donors (Lipinski definition) is 1. The standard InChI is InChI=1S/C16H22ClN/c1-4-7-15(6-3)18-16(8-5-2)13-9-11-14(17)12-10-13/h1,9-12,15-16,18H,5-8H2,2-3H3. The molecule has 0 bridgehead atoms. The number of hydrogen-bond acceptors (Lipinski definition) is 1. The highest BCUT2D eigenvalue weighted by molar-refractivity contribution is 6.30. The third kappa shape index (κ3) is 4.72. The largest absolute Gasteiger partial charge is 0.306 e. The van der Waals surface area contributed by atoms with E-state index >= 15 is 0 Å². The van der Waals surface area contributed by atoms with Gasteiger partial charge in [0.15, 0.2) is 0 Å². The van der Waals surface area contributed by atoms with Gasteiger partial charge in [-0.25, -0.2) is 0 Å². The van der Waals surface area contributed by atoms with Crippen molar-refractivity contribution in [1.29, 1.82) is 0 Å². The van der Waals surface area contributed by atoms with Crippen LogP contribution in [0.3, 0.4) is 0 Å². The van der Waals surface area contributed by atoms with E-state index in [0.29, 0.717) is 12.1 Å². The maximum Gasteiger partial charge on any atom is 0.0406 e. The highest BCUT2D eigenvalue weighted by Gasteiger charge is 2.14. The van der Waals surface area contributed by atoms with E-state index in [-0.39, 0.29) is 0 Å². The predicted molar refractivity (Wildman–Crippen MR) is 79.8 cm³/mol. The lowest BCUT2D eigenvalue weighted by molar-refractivity contribution is 0.408. The van der Waals surface area contributed by atoms with Crippen molar-refractivity contribution in [3.8, 4) is 12.3 Å². The minimum absolute atomic E-state index is 0.366. The Labute approximate surface area is 116 Å². The SMILES string of the molecule is C#CCC(CC)NC(CCC)c1ccc(Cl)cc1. The number of halogens is 1. The Morgan fingerprint density at radius 1 is 1.28 bits per heavy atom. The van der Waals surface area contributed by atoms with Gasteiger partial charge in [-0.3, -0.25) is 0 Å². The van der Waals surface area contributed by atoms with Gasteiger partial charge in [0, 0.05) is 23.5 Å². The fraction of sp³-hybridized carbons (Fsp3) is 0.500. The van der Waals surface area contributed by atoms with Crippen molar-refractivity contribution < 1.29 is 0 Å². The molecule has 2 atom stereocenters. The number of benzene rings is 1. The van der Waals surface area contributed by atoms with Gasteiger partial charge in [-0.05, 0) is 30.5 Å². The molecule has 0 amide bonds. The molecule has 0 aliphatic carbocycles. The summed E-state index contributed by atoms with van der Waals surface area (Å²) < 4.78 is 0. The molecule has 0 aliphatic heterocycles. The van der Waals surface area contributed by atoms with Crippen LogP contribution < -0.4 is 5.32 Å². The van der Waals surface area contributed by atoms with Gasteiger partial charge < -0.3 is 5.32 Å².